The molecule has 0 saturated heterocycles. The van der Waals surface area contributed by atoms with E-state index in [1.54, 1.807) is 14.2 Å². The average molecular weight is 539 g/mol. The summed E-state index contributed by atoms with van der Waals surface area (Å²) < 4.78 is 18.7. The Bertz CT molecular complexity index is 1000. The van der Waals surface area contributed by atoms with Crippen LogP contribution in [0.3, 0.4) is 0 Å². The molecule has 168 valence electrons. The Hall–Kier alpha value is -2.33. The molecule has 0 aliphatic rings. The highest BCUT2D eigenvalue weighted by atomic mass is 127. The second-order valence-electron chi connectivity index (χ2n) is 7.39. The molecule has 3 aromatic rings. The van der Waals surface area contributed by atoms with Crippen LogP contribution in [-0.2, 0) is 6.42 Å². The van der Waals surface area contributed by atoms with Gasteiger partial charge in [-0.05, 0) is 62.0 Å². The SMILES string of the molecule is CN=C(NCCc1c[nH]c2cc(F)ccc12)NCC(c1cccc(OC)c1)N(C)C.I. The normalized spacial score (nSPS) is 12.5. The molecule has 8 heteroatoms. The first kappa shape index (κ1) is 24.9. The van der Waals surface area contributed by atoms with Crippen LogP contribution in [-0.4, -0.2) is 57.2 Å². The van der Waals surface area contributed by atoms with Crippen molar-refractivity contribution in [2.75, 3.05) is 41.3 Å². The Balaban J connectivity index is 0.00000341. The van der Waals surface area contributed by atoms with Gasteiger partial charge in [-0.15, -0.1) is 24.0 Å². The summed E-state index contributed by atoms with van der Waals surface area (Å²) in [6.45, 7) is 1.42. The molecular formula is C23H31FIN5O. The molecule has 0 amide bonds. The van der Waals surface area contributed by atoms with Crippen molar-refractivity contribution in [1.29, 1.82) is 0 Å². The number of aliphatic imine (C=N–C) groups is 1. The van der Waals surface area contributed by atoms with E-state index in [-0.39, 0.29) is 35.8 Å². The van der Waals surface area contributed by atoms with Gasteiger partial charge < -0.3 is 25.3 Å². The van der Waals surface area contributed by atoms with Crippen LogP contribution < -0.4 is 15.4 Å². The number of hydrogen-bond donors (Lipinski definition) is 3. The van der Waals surface area contributed by atoms with Crippen LogP contribution >= 0.6 is 24.0 Å². The highest BCUT2D eigenvalue weighted by Gasteiger charge is 2.15. The van der Waals surface area contributed by atoms with Crippen molar-refractivity contribution in [2.24, 2.45) is 4.99 Å². The molecule has 0 saturated carbocycles. The number of aromatic nitrogens is 1. The number of halogens is 2. The van der Waals surface area contributed by atoms with Gasteiger partial charge in [0.05, 0.1) is 13.2 Å². The van der Waals surface area contributed by atoms with Gasteiger partial charge in [0, 0.05) is 37.2 Å². The average Bonchev–Trinajstić information content (AvgIpc) is 3.14. The third-order valence-corrected chi connectivity index (χ3v) is 5.20. The molecule has 0 spiro atoms. The van der Waals surface area contributed by atoms with E-state index in [0.717, 1.165) is 41.1 Å². The molecule has 2 aromatic carbocycles. The zero-order valence-corrected chi connectivity index (χ0v) is 20.7. The molecule has 1 aromatic heterocycles. The van der Waals surface area contributed by atoms with Gasteiger partial charge >= 0.3 is 0 Å². The number of nitrogens with zero attached hydrogens (tertiary/aromatic N) is 2. The molecule has 1 heterocycles. The summed E-state index contributed by atoms with van der Waals surface area (Å²) in [4.78, 5) is 9.63. The summed E-state index contributed by atoms with van der Waals surface area (Å²) in [5, 5.41) is 7.82. The van der Waals surface area contributed by atoms with Crippen LogP contribution in [0, 0.1) is 5.82 Å². The molecule has 0 aliphatic carbocycles. The summed E-state index contributed by atoms with van der Waals surface area (Å²) in [5.41, 5.74) is 3.14. The van der Waals surface area contributed by atoms with E-state index in [4.69, 9.17) is 4.74 Å². The van der Waals surface area contributed by atoms with Crippen LogP contribution in [0.1, 0.15) is 17.2 Å². The molecule has 0 radical (unpaired) electrons. The van der Waals surface area contributed by atoms with Gasteiger partial charge in [-0.25, -0.2) is 4.39 Å². The molecule has 1 unspecified atom stereocenters. The van der Waals surface area contributed by atoms with Gasteiger partial charge in [0.25, 0.3) is 0 Å². The number of aromatic amines is 1. The number of ether oxygens (including phenoxy) is 1. The Morgan fingerprint density at radius 3 is 2.71 bits per heavy atom. The Morgan fingerprint density at radius 1 is 1.19 bits per heavy atom. The van der Waals surface area contributed by atoms with E-state index >= 15 is 0 Å². The second-order valence-corrected chi connectivity index (χ2v) is 7.39. The lowest BCUT2D eigenvalue weighted by molar-refractivity contribution is 0.297. The lowest BCUT2D eigenvalue weighted by atomic mass is 10.1. The van der Waals surface area contributed by atoms with Crippen molar-refractivity contribution >= 4 is 40.8 Å². The topological polar surface area (TPSA) is 64.7 Å². The molecule has 3 rings (SSSR count). The lowest BCUT2D eigenvalue weighted by Crippen LogP contribution is -2.42. The molecule has 1 atom stereocenters. The van der Waals surface area contributed by atoms with Gasteiger partial charge in [-0.1, -0.05) is 12.1 Å². The predicted octanol–water partition coefficient (Wildman–Crippen LogP) is 3.94. The summed E-state index contributed by atoms with van der Waals surface area (Å²) in [5.74, 6) is 1.36. The van der Waals surface area contributed by atoms with Gasteiger partial charge in [0.1, 0.15) is 11.6 Å². The minimum atomic E-state index is -0.231. The molecule has 31 heavy (non-hydrogen) atoms. The lowest BCUT2D eigenvalue weighted by Gasteiger charge is -2.26. The van der Waals surface area contributed by atoms with Crippen molar-refractivity contribution in [1.82, 2.24) is 20.5 Å². The summed E-state index contributed by atoms with van der Waals surface area (Å²) in [7, 11) is 7.56. The third-order valence-electron chi connectivity index (χ3n) is 5.20. The van der Waals surface area contributed by atoms with E-state index in [1.807, 2.05) is 24.4 Å². The molecular weight excluding hydrogens is 508 g/mol. The fraction of sp³-hybridized carbons (Fsp3) is 0.348. The molecule has 0 aliphatic heterocycles. The summed E-state index contributed by atoms with van der Waals surface area (Å²) >= 11 is 0. The van der Waals surface area contributed by atoms with Crippen molar-refractivity contribution < 1.29 is 9.13 Å². The van der Waals surface area contributed by atoms with Gasteiger partial charge in [0.2, 0.25) is 0 Å². The minimum absolute atomic E-state index is 0. The van der Waals surface area contributed by atoms with Crippen LogP contribution in [0.5, 0.6) is 5.75 Å². The first-order valence-electron chi connectivity index (χ1n) is 10.0. The van der Waals surface area contributed by atoms with E-state index < -0.39 is 0 Å². The Labute approximate surface area is 200 Å². The number of H-pyrrole nitrogens is 1. The molecule has 3 N–H and O–H groups in total. The van der Waals surface area contributed by atoms with Crippen LogP contribution in [0.2, 0.25) is 0 Å². The number of likely N-dealkylation sites (N-methyl/N-ethyl adjacent to an activating group) is 1. The number of hydrogen-bond acceptors (Lipinski definition) is 3. The minimum Gasteiger partial charge on any atom is -0.497 e. The van der Waals surface area contributed by atoms with E-state index in [0.29, 0.717) is 6.54 Å². The Morgan fingerprint density at radius 2 is 2.00 bits per heavy atom. The van der Waals surface area contributed by atoms with Crippen molar-refractivity contribution in [2.45, 2.75) is 12.5 Å². The van der Waals surface area contributed by atoms with Crippen molar-refractivity contribution in [3.8, 4) is 5.75 Å². The monoisotopic (exact) mass is 539 g/mol. The number of benzene rings is 2. The maximum atomic E-state index is 13.4. The zero-order valence-electron chi connectivity index (χ0n) is 18.4. The second kappa shape index (κ2) is 11.9. The largest absolute Gasteiger partial charge is 0.497 e. The van der Waals surface area contributed by atoms with Crippen LogP contribution in [0.25, 0.3) is 10.9 Å². The quantitative estimate of drug-likeness (QED) is 0.231. The fourth-order valence-corrected chi connectivity index (χ4v) is 3.54. The number of rotatable bonds is 8. The highest BCUT2D eigenvalue weighted by Crippen LogP contribution is 2.22. The first-order chi connectivity index (χ1) is 14.5. The molecule has 0 fully saturated rings. The predicted molar refractivity (Wildman–Crippen MR) is 136 cm³/mol. The maximum absolute atomic E-state index is 13.4. The smallest absolute Gasteiger partial charge is 0.191 e. The van der Waals surface area contributed by atoms with Gasteiger partial charge in [-0.2, -0.15) is 0 Å². The maximum Gasteiger partial charge on any atom is 0.191 e. The summed E-state index contributed by atoms with van der Waals surface area (Å²) in [6, 6.07) is 13.1. The summed E-state index contributed by atoms with van der Waals surface area (Å²) in [6.07, 6.45) is 2.74. The highest BCUT2D eigenvalue weighted by molar-refractivity contribution is 14.0. The van der Waals surface area contributed by atoms with E-state index in [1.165, 1.54) is 17.7 Å². The van der Waals surface area contributed by atoms with Gasteiger partial charge in [-0.3, -0.25) is 4.99 Å². The fourth-order valence-electron chi connectivity index (χ4n) is 3.54. The molecule has 0 bridgehead atoms. The van der Waals surface area contributed by atoms with Crippen molar-refractivity contribution in [3.05, 3.63) is 65.6 Å². The molecule has 6 nitrogen and oxygen atoms in total. The van der Waals surface area contributed by atoms with Gasteiger partial charge in [0.15, 0.2) is 5.96 Å². The van der Waals surface area contributed by atoms with Crippen molar-refractivity contribution in [3.63, 3.8) is 0 Å². The third kappa shape index (κ3) is 6.57. The number of fused-ring (bicyclic) bond motifs is 1. The standard InChI is InChI=1S/C23H30FN5O.HI/c1-25-23(26-11-10-17-14-27-21-13-18(24)8-9-20(17)21)28-15-22(29(2)3)16-6-5-7-19(12-16)30-4;/h5-9,12-14,22,27H,10-11,15H2,1-4H3,(H2,25,26,28);1H. The van der Waals surface area contributed by atoms with Crippen LogP contribution in [0.4, 0.5) is 4.39 Å². The number of guanidine groups is 1. The number of nitrogens with one attached hydrogen (secondary N) is 3. The van der Waals surface area contributed by atoms with Crippen LogP contribution in [0.15, 0.2) is 53.7 Å². The van der Waals surface area contributed by atoms with E-state index in [9.17, 15) is 4.39 Å². The number of methoxy groups -OCH3 is 1. The Kier molecular flexibility index (Phi) is 9.57. The zero-order chi connectivity index (χ0) is 21.5. The van der Waals surface area contributed by atoms with E-state index in [2.05, 4.69) is 51.7 Å². The first-order valence-corrected chi connectivity index (χ1v) is 10.0.